The van der Waals surface area contributed by atoms with Crippen LogP contribution in [0, 0.1) is 0 Å². The fraction of sp³-hybridized carbons (Fsp3) is 0.357. The van der Waals surface area contributed by atoms with Gasteiger partial charge in [0.1, 0.15) is 6.33 Å². The lowest BCUT2D eigenvalue weighted by atomic mass is 9.97. The third-order valence-corrected chi connectivity index (χ3v) is 4.02. The molecule has 100 valence electrons. The molecule has 0 aliphatic carbocycles. The average Bonchev–Trinajstić information content (AvgIpc) is 2.97. The summed E-state index contributed by atoms with van der Waals surface area (Å²) in [5, 5.41) is 7.14. The van der Waals surface area contributed by atoms with E-state index >= 15 is 0 Å². The van der Waals surface area contributed by atoms with Gasteiger partial charge in [-0.3, -0.25) is 9.89 Å². The van der Waals surface area contributed by atoms with Crippen LogP contribution in [0.1, 0.15) is 42.1 Å². The highest BCUT2D eigenvalue weighted by Crippen LogP contribution is 2.20. The molecule has 5 heteroatoms. The summed E-state index contributed by atoms with van der Waals surface area (Å²) in [6, 6.07) is 7.90. The number of H-pyrrole nitrogens is 1. The number of hydrogen-bond acceptors (Lipinski definition) is 4. The van der Waals surface area contributed by atoms with Crippen LogP contribution in [0.4, 0.5) is 0 Å². The Morgan fingerprint density at radius 3 is 2.68 bits per heavy atom. The molecule has 2 aromatic rings. The SMILES string of the molecule is CC[C@@H](C)c1ccc(C(=O)CSc2ncn[nH]2)cc1. The maximum absolute atomic E-state index is 12.0. The molecule has 0 bridgehead atoms. The summed E-state index contributed by atoms with van der Waals surface area (Å²) in [4.78, 5) is 16.0. The van der Waals surface area contributed by atoms with E-state index in [1.165, 1.54) is 23.7 Å². The minimum absolute atomic E-state index is 0.108. The van der Waals surface area contributed by atoms with Crippen LogP contribution < -0.4 is 0 Å². The zero-order valence-electron chi connectivity index (χ0n) is 11.1. The van der Waals surface area contributed by atoms with Crippen LogP contribution in [0.5, 0.6) is 0 Å². The van der Waals surface area contributed by atoms with Crippen molar-refractivity contribution in [1.82, 2.24) is 15.2 Å². The summed E-state index contributed by atoms with van der Waals surface area (Å²) in [7, 11) is 0. The van der Waals surface area contributed by atoms with Crippen LogP contribution in [0.25, 0.3) is 0 Å². The Bertz CT molecular complexity index is 522. The molecular formula is C14H17N3OS. The summed E-state index contributed by atoms with van der Waals surface area (Å²) < 4.78 is 0. The molecule has 0 spiro atoms. The Hall–Kier alpha value is -1.62. The van der Waals surface area contributed by atoms with Crippen molar-refractivity contribution in [2.24, 2.45) is 0 Å². The van der Waals surface area contributed by atoms with Gasteiger partial charge in [0.25, 0.3) is 0 Å². The lowest BCUT2D eigenvalue weighted by Gasteiger charge is -2.09. The summed E-state index contributed by atoms with van der Waals surface area (Å²) >= 11 is 1.37. The fourth-order valence-electron chi connectivity index (χ4n) is 1.71. The largest absolute Gasteiger partial charge is 0.293 e. The van der Waals surface area contributed by atoms with Gasteiger partial charge in [0, 0.05) is 5.56 Å². The normalized spacial score (nSPS) is 12.3. The first kappa shape index (κ1) is 13.8. The van der Waals surface area contributed by atoms with E-state index in [0.717, 1.165) is 12.0 Å². The molecule has 1 heterocycles. The molecule has 2 rings (SSSR count). The molecule has 4 nitrogen and oxygen atoms in total. The van der Waals surface area contributed by atoms with E-state index in [1.54, 1.807) is 0 Å². The summed E-state index contributed by atoms with van der Waals surface area (Å²) in [5.74, 6) is 1.02. The maximum Gasteiger partial charge on any atom is 0.183 e. The van der Waals surface area contributed by atoms with Crippen LogP contribution in [-0.2, 0) is 0 Å². The van der Waals surface area contributed by atoms with Crippen LogP contribution >= 0.6 is 11.8 Å². The molecule has 0 saturated heterocycles. The smallest absolute Gasteiger partial charge is 0.183 e. The highest BCUT2D eigenvalue weighted by molar-refractivity contribution is 7.99. The van der Waals surface area contributed by atoms with Gasteiger partial charge in [-0.05, 0) is 17.9 Å². The fourth-order valence-corrected chi connectivity index (χ4v) is 2.39. The summed E-state index contributed by atoms with van der Waals surface area (Å²) in [6.45, 7) is 4.36. The lowest BCUT2D eigenvalue weighted by Crippen LogP contribution is -2.03. The first-order chi connectivity index (χ1) is 9.20. The third-order valence-electron chi connectivity index (χ3n) is 3.15. The van der Waals surface area contributed by atoms with Gasteiger partial charge >= 0.3 is 0 Å². The number of nitrogens with zero attached hydrogens (tertiary/aromatic N) is 2. The molecular weight excluding hydrogens is 258 g/mol. The van der Waals surface area contributed by atoms with E-state index in [2.05, 4.69) is 29.0 Å². The zero-order valence-corrected chi connectivity index (χ0v) is 11.9. The second-order valence-electron chi connectivity index (χ2n) is 4.43. The molecule has 1 atom stereocenters. The van der Waals surface area contributed by atoms with E-state index in [0.29, 0.717) is 16.8 Å². The van der Waals surface area contributed by atoms with Crippen molar-refractivity contribution in [1.29, 1.82) is 0 Å². The quantitative estimate of drug-likeness (QED) is 0.649. The lowest BCUT2D eigenvalue weighted by molar-refractivity contribution is 0.102. The highest BCUT2D eigenvalue weighted by atomic mass is 32.2. The van der Waals surface area contributed by atoms with Crippen molar-refractivity contribution in [3.8, 4) is 0 Å². The monoisotopic (exact) mass is 275 g/mol. The highest BCUT2D eigenvalue weighted by Gasteiger charge is 2.09. The molecule has 0 unspecified atom stereocenters. The van der Waals surface area contributed by atoms with Gasteiger partial charge in [-0.25, -0.2) is 4.98 Å². The number of hydrogen-bond donors (Lipinski definition) is 1. The number of thioether (sulfide) groups is 1. The van der Waals surface area contributed by atoms with Crippen molar-refractivity contribution >= 4 is 17.5 Å². The Morgan fingerprint density at radius 1 is 1.37 bits per heavy atom. The predicted molar refractivity (Wildman–Crippen MR) is 76.6 cm³/mol. The molecule has 0 saturated carbocycles. The number of rotatable bonds is 6. The van der Waals surface area contributed by atoms with E-state index in [-0.39, 0.29) is 5.78 Å². The Labute approximate surface area is 117 Å². The summed E-state index contributed by atoms with van der Waals surface area (Å²) in [6.07, 6.45) is 2.54. The van der Waals surface area contributed by atoms with Gasteiger partial charge in [0.15, 0.2) is 10.9 Å². The second-order valence-corrected chi connectivity index (χ2v) is 5.40. The van der Waals surface area contributed by atoms with Crippen LogP contribution in [0.2, 0.25) is 0 Å². The minimum atomic E-state index is 0.108. The topological polar surface area (TPSA) is 58.6 Å². The van der Waals surface area contributed by atoms with Gasteiger partial charge in [-0.2, -0.15) is 5.10 Å². The van der Waals surface area contributed by atoms with E-state index in [4.69, 9.17) is 0 Å². The zero-order chi connectivity index (χ0) is 13.7. The van der Waals surface area contributed by atoms with Gasteiger partial charge in [-0.1, -0.05) is 49.9 Å². The number of Topliss-reactive ketones (excluding diaryl/α,β-unsaturated/α-hetero) is 1. The van der Waals surface area contributed by atoms with Gasteiger partial charge < -0.3 is 0 Å². The predicted octanol–water partition coefficient (Wildman–Crippen LogP) is 3.29. The molecule has 0 aliphatic heterocycles. The van der Waals surface area contributed by atoms with Gasteiger partial charge in [0.2, 0.25) is 0 Å². The second kappa shape index (κ2) is 6.52. The number of aromatic nitrogens is 3. The Morgan fingerprint density at radius 2 is 2.11 bits per heavy atom. The molecule has 1 aromatic carbocycles. The molecule has 1 aromatic heterocycles. The average molecular weight is 275 g/mol. The summed E-state index contributed by atoms with van der Waals surface area (Å²) in [5.41, 5.74) is 2.03. The number of carbonyl (C=O) groups is 1. The molecule has 1 N–H and O–H groups in total. The van der Waals surface area contributed by atoms with Crippen LogP contribution in [-0.4, -0.2) is 26.7 Å². The van der Waals surface area contributed by atoms with E-state index in [1.807, 2.05) is 24.3 Å². The molecule has 19 heavy (non-hydrogen) atoms. The number of ketones is 1. The van der Waals surface area contributed by atoms with Gasteiger partial charge in [0.05, 0.1) is 5.75 Å². The van der Waals surface area contributed by atoms with Crippen LogP contribution in [0.3, 0.4) is 0 Å². The molecule has 0 aliphatic rings. The first-order valence-electron chi connectivity index (χ1n) is 6.32. The number of carbonyl (C=O) groups excluding carboxylic acids is 1. The number of benzene rings is 1. The molecule has 0 amide bonds. The van der Waals surface area contributed by atoms with E-state index < -0.39 is 0 Å². The van der Waals surface area contributed by atoms with Crippen molar-refractivity contribution < 1.29 is 4.79 Å². The molecule has 0 fully saturated rings. The van der Waals surface area contributed by atoms with Crippen molar-refractivity contribution in [3.63, 3.8) is 0 Å². The van der Waals surface area contributed by atoms with E-state index in [9.17, 15) is 4.79 Å². The van der Waals surface area contributed by atoms with Gasteiger partial charge in [-0.15, -0.1) is 0 Å². The molecule has 0 radical (unpaired) electrons. The standard InChI is InChI=1S/C14H17N3OS/c1-3-10(2)11-4-6-12(7-5-11)13(18)8-19-14-15-9-16-17-14/h4-7,9-10H,3,8H2,1-2H3,(H,15,16,17)/t10-/m1/s1. The maximum atomic E-state index is 12.0. The van der Waals surface area contributed by atoms with Crippen molar-refractivity contribution in [3.05, 3.63) is 41.7 Å². The van der Waals surface area contributed by atoms with Crippen molar-refractivity contribution in [2.45, 2.75) is 31.3 Å². The minimum Gasteiger partial charge on any atom is -0.293 e. The number of nitrogens with one attached hydrogen (secondary N) is 1. The number of aromatic amines is 1. The Kier molecular flexibility index (Phi) is 4.74. The third kappa shape index (κ3) is 3.67. The van der Waals surface area contributed by atoms with Crippen molar-refractivity contribution in [2.75, 3.05) is 5.75 Å². The Balaban J connectivity index is 1.95. The van der Waals surface area contributed by atoms with Crippen LogP contribution in [0.15, 0.2) is 35.7 Å². The first-order valence-corrected chi connectivity index (χ1v) is 7.30.